The van der Waals surface area contributed by atoms with Crippen LogP contribution < -0.4 is 5.32 Å². The van der Waals surface area contributed by atoms with E-state index in [4.69, 9.17) is 4.42 Å². The second-order valence-corrected chi connectivity index (χ2v) is 9.58. The van der Waals surface area contributed by atoms with Crippen LogP contribution in [0.4, 0.5) is 5.69 Å². The van der Waals surface area contributed by atoms with Crippen LogP contribution in [0.1, 0.15) is 31.4 Å². The molecule has 0 aliphatic carbocycles. The van der Waals surface area contributed by atoms with Gasteiger partial charge in [0.15, 0.2) is 0 Å². The highest BCUT2D eigenvalue weighted by Gasteiger charge is 2.19. The van der Waals surface area contributed by atoms with Crippen LogP contribution in [0, 0.1) is 0 Å². The number of nitrogens with zero attached hydrogens (tertiary/aromatic N) is 3. The molecule has 0 bridgehead atoms. The van der Waals surface area contributed by atoms with Gasteiger partial charge < -0.3 is 14.6 Å². The molecule has 1 aliphatic heterocycles. The molecular weight excluding hydrogens is 440 g/mol. The van der Waals surface area contributed by atoms with Crippen LogP contribution in [-0.2, 0) is 21.2 Å². The fraction of sp³-hybridized carbons (Fsp3) is 0.292. The van der Waals surface area contributed by atoms with E-state index in [0.29, 0.717) is 29.5 Å². The number of hydrogen-bond donors (Lipinski definition) is 1. The molecular formula is C24H26N4O4S. The van der Waals surface area contributed by atoms with Gasteiger partial charge in [-0.2, -0.15) is 8.42 Å². The van der Waals surface area contributed by atoms with Gasteiger partial charge in [-0.3, -0.25) is 4.79 Å². The lowest BCUT2D eigenvalue weighted by molar-refractivity contribution is -0.115. The molecule has 8 nitrogen and oxygen atoms in total. The number of likely N-dealkylation sites (tertiary alicyclic amines) is 1. The van der Waals surface area contributed by atoms with Gasteiger partial charge in [0.2, 0.25) is 11.8 Å². The molecule has 1 saturated heterocycles. The normalized spacial score (nSPS) is 15.9. The maximum absolute atomic E-state index is 12.9. The van der Waals surface area contributed by atoms with Crippen molar-refractivity contribution in [2.24, 2.45) is 4.40 Å². The van der Waals surface area contributed by atoms with Gasteiger partial charge in [-0.25, -0.2) is 4.98 Å². The molecule has 33 heavy (non-hydrogen) atoms. The average Bonchev–Trinajstić information content (AvgIpc) is 3.17. The van der Waals surface area contributed by atoms with Crippen molar-refractivity contribution >= 4 is 27.5 Å². The zero-order valence-corrected chi connectivity index (χ0v) is 19.2. The van der Waals surface area contributed by atoms with Crippen molar-refractivity contribution in [2.75, 3.05) is 18.9 Å². The molecule has 4 rings (SSSR count). The second kappa shape index (κ2) is 9.99. The molecule has 172 valence electrons. The highest BCUT2D eigenvalue weighted by molar-refractivity contribution is 7.90. The molecule has 1 aliphatic rings. The number of amidine groups is 1. The number of anilines is 1. The van der Waals surface area contributed by atoms with Crippen molar-refractivity contribution in [2.45, 2.75) is 37.0 Å². The summed E-state index contributed by atoms with van der Waals surface area (Å²) in [4.78, 5) is 18.8. The number of hydrogen-bond acceptors (Lipinski definition) is 5. The minimum Gasteiger partial charge on any atom is -0.444 e. The van der Waals surface area contributed by atoms with E-state index < -0.39 is 10.0 Å². The maximum atomic E-state index is 12.9. The van der Waals surface area contributed by atoms with Gasteiger partial charge >= 0.3 is 0 Å². The first-order chi connectivity index (χ1) is 15.9. The van der Waals surface area contributed by atoms with Gasteiger partial charge in [0, 0.05) is 31.3 Å². The number of carbonyl (C=O) groups excluding carboxylic acids is 1. The van der Waals surface area contributed by atoms with Crippen LogP contribution >= 0.6 is 0 Å². The van der Waals surface area contributed by atoms with E-state index in [0.717, 1.165) is 31.4 Å². The first kappa shape index (κ1) is 22.7. The first-order valence-electron chi connectivity index (χ1n) is 10.9. The molecule has 3 aromatic rings. The Morgan fingerprint density at radius 3 is 2.76 bits per heavy atom. The largest absolute Gasteiger partial charge is 0.444 e. The molecule has 2 aromatic carbocycles. The van der Waals surface area contributed by atoms with Crippen molar-refractivity contribution in [3.63, 3.8) is 0 Å². The zero-order valence-electron chi connectivity index (χ0n) is 18.4. The van der Waals surface area contributed by atoms with Crippen LogP contribution in [0.2, 0.25) is 0 Å². The molecule has 0 atom stereocenters. The topological polar surface area (TPSA) is 105 Å². The van der Waals surface area contributed by atoms with Gasteiger partial charge in [-0.15, -0.1) is 4.40 Å². The summed E-state index contributed by atoms with van der Waals surface area (Å²) in [5.74, 6) is 0.684. The smallest absolute Gasteiger partial charge is 0.284 e. The molecule has 1 N–H and O–H groups in total. The summed E-state index contributed by atoms with van der Waals surface area (Å²) in [5, 5.41) is 2.73. The van der Waals surface area contributed by atoms with Crippen molar-refractivity contribution < 1.29 is 17.6 Å². The Kier molecular flexibility index (Phi) is 6.88. The van der Waals surface area contributed by atoms with Crippen molar-refractivity contribution in [1.29, 1.82) is 0 Å². The van der Waals surface area contributed by atoms with E-state index in [-0.39, 0.29) is 17.2 Å². The first-order valence-corrected chi connectivity index (χ1v) is 12.3. The van der Waals surface area contributed by atoms with Crippen molar-refractivity contribution in [3.8, 4) is 11.5 Å². The number of nitrogens with one attached hydrogen (secondary N) is 1. The molecule has 1 amide bonds. The fourth-order valence-electron chi connectivity index (χ4n) is 3.64. The minimum absolute atomic E-state index is 0.000404. The van der Waals surface area contributed by atoms with Gasteiger partial charge in [0.05, 0.1) is 17.0 Å². The Bertz CT molecular complexity index is 1250. The van der Waals surface area contributed by atoms with E-state index in [1.54, 1.807) is 12.1 Å². The van der Waals surface area contributed by atoms with Crippen LogP contribution in [0.15, 0.2) is 74.6 Å². The SMILES string of the molecule is CN1CCCCCC1=NS(=O)(=O)c1cccc(NC(=O)Cc2coc(-c3ccccc3)n2)c1. The zero-order chi connectivity index (χ0) is 23.3. The monoisotopic (exact) mass is 466 g/mol. The van der Waals surface area contributed by atoms with Crippen molar-refractivity contribution in [3.05, 3.63) is 66.6 Å². The van der Waals surface area contributed by atoms with Crippen LogP contribution in [-0.4, -0.2) is 43.6 Å². The molecule has 0 spiro atoms. The van der Waals surface area contributed by atoms with E-state index in [2.05, 4.69) is 14.7 Å². The summed E-state index contributed by atoms with van der Waals surface area (Å²) in [7, 11) is -2.02. The molecule has 9 heteroatoms. The Balaban J connectivity index is 1.44. The Labute approximate surface area is 193 Å². The van der Waals surface area contributed by atoms with E-state index in [9.17, 15) is 13.2 Å². The van der Waals surface area contributed by atoms with Gasteiger partial charge in [-0.1, -0.05) is 30.7 Å². The maximum Gasteiger partial charge on any atom is 0.284 e. The van der Waals surface area contributed by atoms with E-state index in [1.807, 2.05) is 42.3 Å². The lowest BCUT2D eigenvalue weighted by Crippen LogP contribution is -2.26. The summed E-state index contributed by atoms with van der Waals surface area (Å²) in [6.07, 6.45) is 5.08. The Morgan fingerprint density at radius 1 is 1.12 bits per heavy atom. The molecule has 1 aromatic heterocycles. The third-order valence-electron chi connectivity index (χ3n) is 5.39. The lowest BCUT2D eigenvalue weighted by atomic mass is 10.2. The summed E-state index contributed by atoms with van der Waals surface area (Å²) in [6, 6.07) is 15.5. The Hall–Kier alpha value is -3.46. The van der Waals surface area contributed by atoms with E-state index in [1.165, 1.54) is 18.4 Å². The predicted octanol–water partition coefficient (Wildman–Crippen LogP) is 4.12. The molecule has 1 fully saturated rings. The van der Waals surface area contributed by atoms with Gasteiger partial charge in [0.1, 0.15) is 12.1 Å². The third kappa shape index (κ3) is 5.87. The van der Waals surface area contributed by atoms with Crippen molar-refractivity contribution in [1.82, 2.24) is 9.88 Å². The number of rotatable bonds is 6. The van der Waals surface area contributed by atoms with E-state index >= 15 is 0 Å². The van der Waals surface area contributed by atoms with Crippen LogP contribution in [0.25, 0.3) is 11.5 Å². The summed E-state index contributed by atoms with van der Waals surface area (Å²) in [5.41, 5.74) is 1.68. The number of carbonyl (C=O) groups is 1. The average molecular weight is 467 g/mol. The number of benzene rings is 2. The Morgan fingerprint density at radius 2 is 1.94 bits per heavy atom. The van der Waals surface area contributed by atoms with Gasteiger partial charge in [0.25, 0.3) is 10.0 Å². The summed E-state index contributed by atoms with van der Waals surface area (Å²) >= 11 is 0. The fourth-order valence-corrected chi connectivity index (χ4v) is 4.78. The van der Waals surface area contributed by atoms with Gasteiger partial charge in [-0.05, 0) is 43.2 Å². The standard InChI is InChI=1S/C24H26N4O4S/c1-28-14-7-3-6-13-22(28)27-33(30,31)21-12-8-11-19(15-21)25-23(29)16-20-17-32-24(26-20)18-9-4-2-5-10-18/h2,4-5,8-12,15,17H,3,6-7,13-14,16H2,1H3,(H,25,29). The molecule has 0 saturated carbocycles. The quantitative estimate of drug-likeness (QED) is 0.586. The molecule has 2 heterocycles. The summed E-state index contributed by atoms with van der Waals surface area (Å²) < 4.78 is 35.3. The highest BCUT2D eigenvalue weighted by atomic mass is 32.2. The minimum atomic E-state index is -3.89. The number of amides is 1. The lowest BCUT2D eigenvalue weighted by Gasteiger charge is -2.17. The third-order valence-corrected chi connectivity index (χ3v) is 6.69. The molecule has 0 unspecified atom stereocenters. The van der Waals surface area contributed by atoms with Crippen LogP contribution in [0.3, 0.4) is 0 Å². The number of aromatic nitrogens is 1. The second-order valence-electron chi connectivity index (χ2n) is 7.98. The number of sulfonamides is 1. The predicted molar refractivity (Wildman–Crippen MR) is 126 cm³/mol. The number of oxazole rings is 1. The van der Waals surface area contributed by atoms with Crippen LogP contribution in [0.5, 0.6) is 0 Å². The highest BCUT2D eigenvalue weighted by Crippen LogP contribution is 2.21. The summed E-state index contributed by atoms with van der Waals surface area (Å²) in [6.45, 7) is 0.790. The molecule has 0 radical (unpaired) electrons.